The van der Waals surface area contributed by atoms with Crippen LogP contribution >= 0.6 is 0 Å². The van der Waals surface area contributed by atoms with Gasteiger partial charge in [-0.1, -0.05) is 17.7 Å². The summed E-state index contributed by atoms with van der Waals surface area (Å²) in [6.45, 7) is 3.87. The molecular weight excluding hydrogens is 260 g/mol. The molecule has 0 radical (unpaired) electrons. The summed E-state index contributed by atoms with van der Waals surface area (Å²) < 4.78 is 6.37. The molecule has 0 saturated heterocycles. The Kier molecular flexibility index (Phi) is 2.90. The van der Waals surface area contributed by atoms with Gasteiger partial charge in [0.2, 0.25) is 5.95 Å². The summed E-state index contributed by atoms with van der Waals surface area (Å²) in [6, 6.07) is 4.96. The second-order valence-corrected chi connectivity index (χ2v) is 4.30. The highest BCUT2D eigenvalue weighted by Gasteiger charge is 2.41. The lowest BCUT2D eigenvalue weighted by Crippen LogP contribution is -2.37. The van der Waals surface area contributed by atoms with Crippen molar-refractivity contribution in [3.63, 3.8) is 0 Å². The Morgan fingerprint density at radius 3 is 3.05 bits per heavy atom. The predicted molar refractivity (Wildman–Crippen MR) is 68.5 cm³/mol. The van der Waals surface area contributed by atoms with Crippen LogP contribution in [0.25, 0.3) is 0 Å². The Bertz CT molecular complexity index is 653. The van der Waals surface area contributed by atoms with E-state index in [0.29, 0.717) is 17.3 Å². The van der Waals surface area contributed by atoms with E-state index in [9.17, 15) is 4.79 Å². The number of anilines is 1. The van der Waals surface area contributed by atoms with Crippen LogP contribution in [-0.2, 0) is 9.53 Å². The van der Waals surface area contributed by atoms with Gasteiger partial charge in [-0.3, -0.25) is 9.78 Å². The maximum Gasteiger partial charge on any atom is 0.317 e. The monoisotopic (exact) mass is 272 g/mol. The zero-order valence-electron chi connectivity index (χ0n) is 10.7. The van der Waals surface area contributed by atoms with Crippen molar-refractivity contribution < 1.29 is 9.53 Å². The largest absolute Gasteiger partial charge is 0.468 e. The van der Waals surface area contributed by atoms with E-state index in [0.717, 1.165) is 0 Å². The van der Waals surface area contributed by atoms with Crippen molar-refractivity contribution in [2.24, 2.45) is 5.92 Å². The van der Waals surface area contributed by atoms with Gasteiger partial charge in [0.1, 0.15) is 12.0 Å². The highest BCUT2D eigenvalue weighted by atomic mass is 16.5. The zero-order chi connectivity index (χ0) is 14.1. The van der Waals surface area contributed by atoms with E-state index in [1.807, 2.05) is 12.1 Å². The number of rotatable bonds is 2. The molecule has 0 aromatic carbocycles. The van der Waals surface area contributed by atoms with Crippen molar-refractivity contribution in [2.75, 3.05) is 12.4 Å². The first-order valence-corrected chi connectivity index (χ1v) is 5.95. The Morgan fingerprint density at radius 2 is 2.35 bits per heavy atom. The van der Waals surface area contributed by atoms with Gasteiger partial charge in [0, 0.05) is 11.9 Å². The minimum atomic E-state index is -0.647. The first-order chi connectivity index (χ1) is 9.72. The van der Waals surface area contributed by atoms with Crippen molar-refractivity contribution in [3.05, 3.63) is 42.4 Å². The van der Waals surface area contributed by atoms with Gasteiger partial charge in [0.25, 0.3) is 0 Å². The van der Waals surface area contributed by atoms with Crippen LogP contribution in [0.3, 0.4) is 0 Å². The molecule has 0 aliphatic carbocycles. The first-order valence-electron chi connectivity index (χ1n) is 5.95. The Labute approximate surface area is 114 Å². The summed E-state index contributed by atoms with van der Waals surface area (Å²) in [5.74, 6) is -0.643. The number of tetrazole rings is 1. The minimum Gasteiger partial charge on any atom is -0.468 e. The van der Waals surface area contributed by atoms with Crippen LogP contribution in [0.15, 0.2) is 36.7 Å². The average Bonchev–Trinajstić information content (AvgIpc) is 2.93. The van der Waals surface area contributed by atoms with E-state index in [1.165, 1.54) is 11.8 Å². The van der Waals surface area contributed by atoms with E-state index in [-0.39, 0.29) is 0 Å². The number of esters is 1. The molecular formula is C12H12N6O2. The van der Waals surface area contributed by atoms with Crippen LogP contribution in [0.2, 0.25) is 0 Å². The molecule has 1 N–H and O–H groups in total. The number of carbonyl (C=O) groups is 1. The molecule has 2 atom stereocenters. The molecule has 2 aromatic rings. The van der Waals surface area contributed by atoms with Crippen molar-refractivity contribution in [3.8, 4) is 0 Å². The molecule has 8 heteroatoms. The number of aromatic nitrogens is 5. The average molecular weight is 272 g/mol. The van der Waals surface area contributed by atoms with Crippen molar-refractivity contribution in [1.82, 2.24) is 25.2 Å². The molecule has 0 spiro atoms. The summed E-state index contributed by atoms with van der Waals surface area (Å²) in [4.78, 5) is 16.3. The third-order valence-electron chi connectivity index (χ3n) is 3.17. The predicted octanol–water partition coefficient (Wildman–Crippen LogP) is 0.386. The van der Waals surface area contributed by atoms with E-state index >= 15 is 0 Å². The molecule has 0 fully saturated rings. The molecule has 1 aliphatic heterocycles. The Balaban J connectivity index is 2.14. The van der Waals surface area contributed by atoms with Gasteiger partial charge in [0.05, 0.1) is 12.8 Å². The fourth-order valence-corrected chi connectivity index (χ4v) is 2.26. The summed E-state index contributed by atoms with van der Waals surface area (Å²) in [5.41, 5.74) is 1.15. The third kappa shape index (κ3) is 1.81. The molecule has 0 saturated carbocycles. The normalized spacial score (nSPS) is 20.9. The molecule has 2 aromatic heterocycles. The highest BCUT2D eigenvalue weighted by molar-refractivity contribution is 5.78. The number of nitrogens with zero attached hydrogens (tertiary/aromatic N) is 5. The number of ether oxygens (including phenoxy) is 1. The molecule has 3 heterocycles. The molecule has 102 valence electrons. The van der Waals surface area contributed by atoms with Crippen LogP contribution in [0.4, 0.5) is 5.95 Å². The maximum absolute atomic E-state index is 12.1. The van der Waals surface area contributed by atoms with Gasteiger partial charge in [-0.2, -0.15) is 0 Å². The van der Waals surface area contributed by atoms with E-state index in [4.69, 9.17) is 4.74 Å². The number of fused-ring (bicyclic) bond motifs is 1. The fourth-order valence-electron chi connectivity index (χ4n) is 2.26. The smallest absolute Gasteiger partial charge is 0.317 e. The number of hydrogen-bond acceptors (Lipinski definition) is 7. The van der Waals surface area contributed by atoms with Crippen molar-refractivity contribution in [2.45, 2.75) is 6.04 Å². The van der Waals surface area contributed by atoms with Gasteiger partial charge in [0.15, 0.2) is 0 Å². The molecule has 20 heavy (non-hydrogen) atoms. The lowest BCUT2D eigenvalue weighted by Gasteiger charge is -2.31. The summed E-state index contributed by atoms with van der Waals surface area (Å²) in [7, 11) is 1.33. The number of hydrogen-bond donors (Lipinski definition) is 1. The zero-order valence-corrected chi connectivity index (χ0v) is 10.7. The number of nitrogens with one attached hydrogen (secondary N) is 1. The molecule has 8 nitrogen and oxygen atoms in total. The summed E-state index contributed by atoms with van der Waals surface area (Å²) in [5, 5.41) is 14.3. The van der Waals surface area contributed by atoms with E-state index in [1.54, 1.807) is 12.3 Å². The fraction of sp³-hybridized carbons (Fsp3) is 0.250. The van der Waals surface area contributed by atoms with Gasteiger partial charge in [-0.15, -0.1) is 0 Å². The highest BCUT2D eigenvalue weighted by Crippen LogP contribution is 2.36. The first kappa shape index (κ1) is 12.3. The standard InChI is InChI=1S/C12H12N6O2/c1-7-9(11(19)20-2)10(8-5-3-4-6-13-8)18-12(14-7)15-16-17-18/h3-6,9-10H,1H2,2H3,(H,14,15,17). The van der Waals surface area contributed by atoms with Gasteiger partial charge < -0.3 is 10.1 Å². The Morgan fingerprint density at radius 1 is 1.50 bits per heavy atom. The third-order valence-corrected chi connectivity index (χ3v) is 3.17. The molecule has 2 unspecified atom stereocenters. The Hall–Kier alpha value is -2.77. The molecule has 3 rings (SSSR count). The lowest BCUT2D eigenvalue weighted by atomic mass is 9.92. The lowest BCUT2D eigenvalue weighted by molar-refractivity contribution is -0.145. The maximum atomic E-state index is 12.1. The van der Waals surface area contributed by atoms with Gasteiger partial charge in [-0.25, -0.2) is 4.68 Å². The second kappa shape index (κ2) is 4.72. The van der Waals surface area contributed by atoms with Gasteiger partial charge >= 0.3 is 5.97 Å². The molecule has 1 aliphatic rings. The number of carbonyl (C=O) groups excluding carboxylic acids is 1. The molecule has 0 bridgehead atoms. The van der Waals surface area contributed by atoms with Crippen molar-refractivity contribution >= 4 is 11.9 Å². The van der Waals surface area contributed by atoms with Crippen LogP contribution in [0.1, 0.15) is 11.7 Å². The van der Waals surface area contributed by atoms with Gasteiger partial charge in [-0.05, 0) is 22.6 Å². The van der Waals surface area contributed by atoms with Crippen LogP contribution in [0, 0.1) is 5.92 Å². The van der Waals surface area contributed by atoms with E-state index in [2.05, 4.69) is 32.4 Å². The van der Waals surface area contributed by atoms with Crippen LogP contribution < -0.4 is 5.32 Å². The van der Waals surface area contributed by atoms with Crippen LogP contribution in [-0.4, -0.2) is 38.3 Å². The second-order valence-electron chi connectivity index (χ2n) is 4.30. The topological polar surface area (TPSA) is 94.8 Å². The quantitative estimate of drug-likeness (QED) is 0.790. The number of methoxy groups -OCH3 is 1. The number of pyridine rings is 1. The minimum absolute atomic E-state index is 0.417. The SMILES string of the molecule is C=C1Nc2nnnn2C(c2ccccn2)C1C(=O)OC. The molecule has 0 amide bonds. The summed E-state index contributed by atoms with van der Waals surface area (Å²) >= 11 is 0. The summed E-state index contributed by atoms with van der Waals surface area (Å²) in [6.07, 6.45) is 1.65. The van der Waals surface area contributed by atoms with E-state index < -0.39 is 17.9 Å². The van der Waals surface area contributed by atoms with Crippen LogP contribution in [0.5, 0.6) is 0 Å². The van der Waals surface area contributed by atoms with Crippen molar-refractivity contribution in [1.29, 1.82) is 0 Å².